The number of pyridine rings is 1. The molecule has 3 heterocycles. The predicted molar refractivity (Wildman–Crippen MR) is 145 cm³/mol. The molecule has 1 aliphatic heterocycles. The van der Waals surface area contributed by atoms with Gasteiger partial charge in [0.2, 0.25) is 0 Å². The molecule has 0 fully saturated rings. The van der Waals surface area contributed by atoms with Crippen LogP contribution in [0, 0.1) is 0 Å². The maximum absolute atomic E-state index is 12.4. The first-order chi connectivity index (χ1) is 18.5. The van der Waals surface area contributed by atoms with E-state index in [0.29, 0.717) is 32.0 Å². The molecule has 196 valence electrons. The molecule has 5 rings (SSSR count). The number of aromatic nitrogens is 2. The summed E-state index contributed by atoms with van der Waals surface area (Å²) in [7, 11) is 0. The van der Waals surface area contributed by atoms with Crippen LogP contribution in [0.1, 0.15) is 42.6 Å². The molecule has 0 radical (unpaired) electrons. The van der Waals surface area contributed by atoms with Gasteiger partial charge in [-0.05, 0) is 61.2 Å². The number of amides is 1. The summed E-state index contributed by atoms with van der Waals surface area (Å²) in [6, 6.07) is 21.7. The Bertz CT molecular complexity index is 1430. The van der Waals surface area contributed by atoms with Crippen molar-refractivity contribution in [1.29, 1.82) is 0 Å². The molecule has 1 N–H and O–H groups in total. The van der Waals surface area contributed by atoms with Crippen LogP contribution in [0.15, 0.2) is 72.9 Å². The number of benzene rings is 2. The lowest BCUT2D eigenvalue weighted by molar-refractivity contribution is -0.143. The number of carboxylic acid groups (broad SMARTS) is 1. The Balaban J connectivity index is 1.30. The second kappa shape index (κ2) is 11.4. The number of hydrogen-bond acceptors (Lipinski definition) is 5. The Morgan fingerprint density at radius 3 is 2.71 bits per heavy atom. The fourth-order valence-electron chi connectivity index (χ4n) is 5.01. The highest BCUT2D eigenvalue weighted by atomic mass is 16.5. The number of rotatable bonds is 9. The third-order valence-electron chi connectivity index (χ3n) is 6.83. The van der Waals surface area contributed by atoms with Crippen LogP contribution in [0.25, 0.3) is 10.9 Å². The summed E-state index contributed by atoms with van der Waals surface area (Å²) in [6.07, 6.45) is 3.48. The number of ether oxygens (including phenoxy) is 2. The SMILES string of the molecule is CCOC(=O)CC(c1ccccc1)n1ccc2cc(OCCc3ccc4c(n3)N(C(=O)O)CCC4)ccc21. The first kappa shape index (κ1) is 25.3. The minimum atomic E-state index is -0.969. The van der Waals surface area contributed by atoms with Gasteiger partial charge in [0.1, 0.15) is 11.6 Å². The van der Waals surface area contributed by atoms with Crippen molar-refractivity contribution in [1.82, 2.24) is 9.55 Å². The van der Waals surface area contributed by atoms with E-state index in [1.54, 1.807) is 0 Å². The second-order valence-electron chi connectivity index (χ2n) is 9.30. The second-order valence-corrected chi connectivity index (χ2v) is 9.30. The number of anilines is 1. The Kier molecular flexibility index (Phi) is 7.58. The largest absolute Gasteiger partial charge is 0.493 e. The molecule has 1 unspecified atom stereocenters. The molecule has 2 aromatic carbocycles. The van der Waals surface area contributed by atoms with E-state index in [1.807, 2.05) is 79.9 Å². The summed E-state index contributed by atoms with van der Waals surface area (Å²) in [5.74, 6) is 1.05. The molecule has 1 atom stereocenters. The first-order valence-corrected chi connectivity index (χ1v) is 13.0. The van der Waals surface area contributed by atoms with Crippen LogP contribution >= 0.6 is 0 Å². The molecule has 0 saturated heterocycles. The van der Waals surface area contributed by atoms with Crippen LogP contribution in [-0.2, 0) is 22.4 Å². The molecule has 38 heavy (non-hydrogen) atoms. The Labute approximate surface area is 221 Å². The zero-order valence-corrected chi connectivity index (χ0v) is 21.4. The van der Waals surface area contributed by atoms with Crippen molar-refractivity contribution in [2.75, 3.05) is 24.7 Å². The van der Waals surface area contributed by atoms with Crippen molar-refractivity contribution >= 4 is 28.8 Å². The van der Waals surface area contributed by atoms with Crippen LogP contribution in [0.5, 0.6) is 5.75 Å². The highest BCUT2D eigenvalue weighted by Gasteiger charge is 2.24. The molecular weight excluding hydrogens is 482 g/mol. The molecule has 1 amide bonds. The summed E-state index contributed by atoms with van der Waals surface area (Å²) in [5, 5.41) is 10.5. The highest BCUT2D eigenvalue weighted by Crippen LogP contribution is 2.30. The highest BCUT2D eigenvalue weighted by molar-refractivity contribution is 5.86. The van der Waals surface area contributed by atoms with E-state index < -0.39 is 6.09 Å². The van der Waals surface area contributed by atoms with Gasteiger partial charge < -0.3 is 19.1 Å². The van der Waals surface area contributed by atoms with Gasteiger partial charge in [0, 0.05) is 35.8 Å². The van der Waals surface area contributed by atoms with E-state index in [-0.39, 0.29) is 18.4 Å². The Morgan fingerprint density at radius 1 is 1.08 bits per heavy atom. The lowest BCUT2D eigenvalue weighted by Gasteiger charge is -2.26. The smallest absolute Gasteiger partial charge is 0.413 e. The fraction of sp³-hybridized carbons (Fsp3) is 0.300. The lowest BCUT2D eigenvalue weighted by Crippen LogP contribution is -2.35. The Hall–Kier alpha value is -4.33. The standard InChI is InChI=1S/C30H31N3O5/c1-2-37-28(34)20-27(21-7-4-3-5-8-21)32-17-14-23-19-25(12-13-26(23)32)38-18-15-24-11-10-22-9-6-16-33(30(35)36)29(22)31-24/h3-5,7-8,10-14,17,19,27H,2,6,9,15-16,18,20H2,1H3,(H,35,36). The minimum absolute atomic E-state index is 0.181. The maximum atomic E-state index is 12.4. The molecule has 8 heteroatoms. The van der Waals surface area contributed by atoms with E-state index >= 15 is 0 Å². The van der Waals surface area contributed by atoms with Gasteiger partial charge in [0.05, 0.1) is 25.7 Å². The van der Waals surface area contributed by atoms with Crippen molar-refractivity contribution < 1.29 is 24.2 Å². The molecular formula is C30H31N3O5. The normalized spacial score (nSPS) is 13.7. The summed E-state index contributed by atoms with van der Waals surface area (Å²) in [6.45, 7) is 3.06. The van der Waals surface area contributed by atoms with Gasteiger partial charge >= 0.3 is 12.1 Å². The molecule has 1 aliphatic rings. The van der Waals surface area contributed by atoms with Gasteiger partial charge in [-0.25, -0.2) is 9.78 Å². The molecule has 2 aromatic heterocycles. The monoisotopic (exact) mass is 513 g/mol. The van der Waals surface area contributed by atoms with Gasteiger partial charge in [-0.15, -0.1) is 0 Å². The quantitative estimate of drug-likeness (QED) is 0.292. The first-order valence-electron chi connectivity index (χ1n) is 13.0. The van der Waals surface area contributed by atoms with E-state index in [0.717, 1.165) is 46.3 Å². The summed E-state index contributed by atoms with van der Waals surface area (Å²) in [4.78, 5) is 29.9. The van der Waals surface area contributed by atoms with Crippen molar-refractivity contribution in [3.05, 3.63) is 89.7 Å². The van der Waals surface area contributed by atoms with Crippen LogP contribution in [0.4, 0.5) is 10.6 Å². The molecule has 8 nitrogen and oxygen atoms in total. The maximum Gasteiger partial charge on any atom is 0.413 e. The zero-order chi connectivity index (χ0) is 26.5. The lowest BCUT2D eigenvalue weighted by atomic mass is 10.0. The number of fused-ring (bicyclic) bond motifs is 2. The third kappa shape index (κ3) is 5.49. The molecule has 0 spiro atoms. The predicted octanol–water partition coefficient (Wildman–Crippen LogP) is 5.63. The third-order valence-corrected chi connectivity index (χ3v) is 6.83. The number of nitrogens with zero attached hydrogens (tertiary/aromatic N) is 3. The summed E-state index contributed by atoms with van der Waals surface area (Å²) < 4.78 is 13.4. The van der Waals surface area contributed by atoms with Crippen molar-refractivity contribution in [3.8, 4) is 5.75 Å². The minimum Gasteiger partial charge on any atom is -0.493 e. The van der Waals surface area contributed by atoms with Gasteiger partial charge in [-0.2, -0.15) is 0 Å². The topological polar surface area (TPSA) is 93.9 Å². The molecule has 0 aliphatic carbocycles. The van der Waals surface area contributed by atoms with Crippen molar-refractivity contribution in [2.24, 2.45) is 0 Å². The van der Waals surface area contributed by atoms with Crippen LogP contribution < -0.4 is 9.64 Å². The van der Waals surface area contributed by atoms with Gasteiger partial charge in [-0.1, -0.05) is 36.4 Å². The van der Waals surface area contributed by atoms with Gasteiger partial charge in [0.15, 0.2) is 0 Å². The van der Waals surface area contributed by atoms with E-state index in [9.17, 15) is 14.7 Å². The van der Waals surface area contributed by atoms with Gasteiger partial charge in [-0.3, -0.25) is 9.69 Å². The average Bonchev–Trinajstić information content (AvgIpc) is 3.35. The average molecular weight is 514 g/mol. The van der Waals surface area contributed by atoms with Crippen molar-refractivity contribution in [2.45, 2.75) is 38.6 Å². The summed E-state index contributed by atoms with van der Waals surface area (Å²) in [5.41, 5.74) is 3.81. The molecule has 0 saturated carbocycles. The fourth-order valence-corrected chi connectivity index (χ4v) is 5.01. The van der Waals surface area contributed by atoms with Crippen molar-refractivity contribution in [3.63, 3.8) is 0 Å². The van der Waals surface area contributed by atoms with E-state index in [1.165, 1.54) is 4.90 Å². The van der Waals surface area contributed by atoms with E-state index in [2.05, 4.69) is 9.55 Å². The molecule has 0 bridgehead atoms. The van der Waals surface area contributed by atoms with Gasteiger partial charge in [0.25, 0.3) is 0 Å². The number of hydrogen-bond donors (Lipinski definition) is 1. The van der Waals surface area contributed by atoms with Crippen LogP contribution in [-0.4, -0.2) is 46.5 Å². The van der Waals surface area contributed by atoms with Crippen LogP contribution in [0.2, 0.25) is 0 Å². The zero-order valence-electron chi connectivity index (χ0n) is 21.4. The Morgan fingerprint density at radius 2 is 1.92 bits per heavy atom. The summed E-state index contributed by atoms with van der Waals surface area (Å²) >= 11 is 0. The number of aryl methyl sites for hydroxylation is 1. The molecule has 4 aromatic rings. The number of carbonyl (C=O) groups excluding carboxylic acids is 1. The number of carbonyl (C=O) groups is 2. The van der Waals surface area contributed by atoms with Crippen LogP contribution in [0.3, 0.4) is 0 Å². The van der Waals surface area contributed by atoms with E-state index in [4.69, 9.17) is 9.47 Å². The number of esters is 1.